The summed E-state index contributed by atoms with van der Waals surface area (Å²) in [4.78, 5) is 47.1. The van der Waals surface area contributed by atoms with Crippen molar-refractivity contribution < 1.29 is 37.0 Å². The van der Waals surface area contributed by atoms with Crippen molar-refractivity contribution in [3.63, 3.8) is 0 Å². The number of carboxylic acid groups (broad SMARTS) is 1. The number of alkyl halides is 3. The lowest BCUT2D eigenvalue weighted by Crippen LogP contribution is -2.70. The third-order valence-corrected chi connectivity index (χ3v) is 13.4. The Kier molecular flexibility index (Phi) is 8.49. The lowest BCUT2D eigenvalue weighted by atomic mass is 9.48. The summed E-state index contributed by atoms with van der Waals surface area (Å²) in [7, 11) is 0. The Morgan fingerprint density at radius 1 is 0.907 bits per heavy atom. The molecule has 0 atom stereocenters. The minimum absolute atomic E-state index is 0.107. The van der Waals surface area contributed by atoms with E-state index in [-0.39, 0.29) is 36.2 Å². The van der Waals surface area contributed by atoms with Crippen molar-refractivity contribution in [2.24, 2.45) is 23.7 Å². The second-order valence-corrected chi connectivity index (χ2v) is 16.4. The highest BCUT2D eigenvalue weighted by Gasteiger charge is 2.62. The maximum Gasteiger partial charge on any atom is 0.434 e. The van der Waals surface area contributed by atoms with Crippen LogP contribution in [-0.4, -0.2) is 68.2 Å². The van der Waals surface area contributed by atoms with Crippen LogP contribution in [0, 0.1) is 29.5 Å². The number of nitrogens with zero attached hydrogens (tertiary/aromatic N) is 6. The number of piperidine rings is 1. The number of benzene rings is 1. The van der Waals surface area contributed by atoms with E-state index in [0.717, 1.165) is 50.3 Å². The molecular formula is C39H43F4N7O4. The Balaban J connectivity index is 1.01. The highest BCUT2D eigenvalue weighted by molar-refractivity contribution is 5.99. The van der Waals surface area contributed by atoms with Crippen LogP contribution in [0.5, 0.6) is 5.75 Å². The molecule has 2 aliphatic heterocycles. The van der Waals surface area contributed by atoms with Crippen LogP contribution in [0.1, 0.15) is 98.7 Å². The Bertz CT molecular complexity index is 1920. The SMILES string of the molecule is O=C(NC1(C(=O)O)C2CC3CC(C2)CC1C3)c1cnc(N2CC3(CCCCC3)c3cc(OC4CCN(c5ncccn5)CC4)c(F)cc32)nc1C(F)(F)F. The fourth-order valence-electron chi connectivity index (χ4n) is 11.1. The topological polar surface area (TPSA) is 134 Å². The Hall–Kier alpha value is -4.56. The number of ether oxygens (including phenoxy) is 1. The summed E-state index contributed by atoms with van der Waals surface area (Å²) >= 11 is 0. The number of carbonyl (C=O) groups excluding carboxylic acids is 1. The second-order valence-electron chi connectivity index (χ2n) is 16.4. The molecule has 3 aromatic rings. The molecule has 1 spiro atoms. The average Bonchev–Trinajstić information content (AvgIpc) is 3.44. The Morgan fingerprint density at radius 3 is 2.20 bits per heavy atom. The lowest BCUT2D eigenvalue weighted by molar-refractivity contribution is -0.163. The van der Waals surface area contributed by atoms with Crippen molar-refractivity contribution >= 4 is 29.5 Å². The molecule has 1 saturated heterocycles. The van der Waals surface area contributed by atoms with Crippen LogP contribution in [-0.2, 0) is 16.4 Å². The molecule has 0 unspecified atom stereocenters. The number of fused-ring (bicyclic) bond motifs is 2. The zero-order valence-corrected chi connectivity index (χ0v) is 29.8. The molecule has 11 nitrogen and oxygen atoms in total. The van der Waals surface area contributed by atoms with Crippen LogP contribution in [0.4, 0.5) is 35.1 Å². The van der Waals surface area contributed by atoms with Crippen LogP contribution in [0.2, 0.25) is 0 Å². The van der Waals surface area contributed by atoms with E-state index in [9.17, 15) is 27.9 Å². The maximum atomic E-state index is 16.0. The minimum Gasteiger partial charge on any atom is -0.487 e. The molecule has 1 aromatic carbocycles. The van der Waals surface area contributed by atoms with Gasteiger partial charge in [-0.1, -0.05) is 19.3 Å². The van der Waals surface area contributed by atoms with E-state index >= 15 is 4.39 Å². The van der Waals surface area contributed by atoms with E-state index in [1.165, 1.54) is 11.0 Å². The number of rotatable bonds is 7. The number of carbonyl (C=O) groups is 2. The van der Waals surface area contributed by atoms with Crippen molar-refractivity contribution in [3.8, 4) is 5.75 Å². The smallest absolute Gasteiger partial charge is 0.434 e. The predicted molar refractivity (Wildman–Crippen MR) is 188 cm³/mol. The number of anilines is 3. The molecule has 5 saturated carbocycles. The van der Waals surface area contributed by atoms with Crippen molar-refractivity contribution in [2.45, 2.75) is 100 Å². The summed E-state index contributed by atoms with van der Waals surface area (Å²) in [5, 5.41) is 13.1. The summed E-state index contributed by atoms with van der Waals surface area (Å²) in [6.45, 7) is 1.54. The number of hydrogen-bond donors (Lipinski definition) is 2. The van der Waals surface area contributed by atoms with Gasteiger partial charge in [-0.15, -0.1) is 0 Å². The monoisotopic (exact) mass is 749 g/mol. The van der Waals surface area contributed by atoms with Crippen molar-refractivity contribution in [1.82, 2.24) is 25.3 Å². The van der Waals surface area contributed by atoms with Gasteiger partial charge in [0, 0.05) is 62.5 Å². The number of amides is 1. The van der Waals surface area contributed by atoms with Crippen LogP contribution >= 0.6 is 0 Å². The van der Waals surface area contributed by atoms with Gasteiger partial charge in [-0.3, -0.25) is 4.79 Å². The molecule has 2 aromatic heterocycles. The molecular weight excluding hydrogens is 706 g/mol. The molecule has 10 rings (SSSR count). The van der Waals surface area contributed by atoms with Crippen LogP contribution in [0.15, 0.2) is 36.8 Å². The molecule has 54 heavy (non-hydrogen) atoms. The van der Waals surface area contributed by atoms with Gasteiger partial charge >= 0.3 is 12.1 Å². The minimum atomic E-state index is -5.05. The van der Waals surface area contributed by atoms with Crippen molar-refractivity contribution in [3.05, 3.63) is 59.4 Å². The molecule has 2 N–H and O–H groups in total. The molecule has 1 amide bonds. The predicted octanol–water partition coefficient (Wildman–Crippen LogP) is 6.84. The standard InChI is InChI=1S/C39H43F4N7O4/c40-29-19-30-28(18-31(29)54-26-5-11-49(12-6-26)35-44-9-4-10-45-35)37(7-2-1-3-8-37)21-50(30)36-46-20-27(32(47-36)39(41,42)43)33(51)48-38(34(52)53)24-14-22-13-23(16-24)17-25(38)15-22/h4,9-10,18-20,22-26H,1-3,5-8,11-17,21H2,(H,48,51)(H,52,53). The largest absolute Gasteiger partial charge is 0.487 e. The molecule has 5 aliphatic carbocycles. The number of carboxylic acids is 1. The molecule has 0 radical (unpaired) electrons. The Morgan fingerprint density at radius 2 is 1.57 bits per heavy atom. The first kappa shape index (κ1) is 35.2. The number of aromatic nitrogens is 4. The van der Waals surface area contributed by atoms with Gasteiger partial charge in [0.2, 0.25) is 11.9 Å². The quantitative estimate of drug-likeness (QED) is 0.248. The fourth-order valence-corrected chi connectivity index (χ4v) is 11.1. The number of hydrogen-bond acceptors (Lipinski definition) is 9. The van der Waals surface area contributed by atoms with Gasteiger partial charge in [0.05, 0.1) is 11.3 Å². The van der Waals surface area contributed by atoms with Gasteiger partial charge in [0.25, 0.3) is 5.91 Å². The Labute approximate surface area is 309 Å². The van der Waals surface area contributed by atoms with E-state index in [0.29, 0.717) is 75.1 Å². The van der Waals surface area contributed by atoms with E-state index < -0.39 is 46.1 Å². The molecule has 7 aliphatic rings. The first-order valence-corrected chi connectivity index (χ1v) is 19.2. The zero-order chi connectivity index (χ0) is 37.4. The van der Waals surface area contributed by atoms with Gasteiger partial charge in [-0.05, 0) is 86.3 Å². The van der Waals surface area contributed by atoms with E-state index in [1.54, 1.807) is 24.5 Å². The summed E-state index contributed by atoms with van der Waals surface area (Å²) in [5.41, 5.74) is -3.23. The summed E-state index contributed by atoms with van der Waals surface area (Å²) in [6, 6.07) is 4.78. The van der Waals surface area contributed by atoms with Gasteiger partial charge in [0.1, 0.15) is 11.6 Å². The number of halogens is 4. The third-order valence-electron chi connectivity index (χ3n) is 13.4. The van der Waals surface area contributed by atoms with Crippen molar-refractivity contribution in [1.29, 1.82) is 0 Å². The van der Waals surface area contributed by atoms with Gasteiger partial charge in [-0.25, -0.2) is 29.1 Å². The first-order valence-electron chi connectivity index (χ1n) is 19.2. The lowest BCUT2D eigenvalue weighted by Gasteiger charge is -2.59. The zero-order valence-electron chi connectivity index (χ0n) is 29.8. The van der Waals surface area contributed by atoms with E-state index in [2.05, 4.69) is 30.2 Å². The summed E-state index contributed by atoms with van der Waals surface area (Å²) < 4.78 is 66.7. The van der Waals surface area contributed by atoms with Crippen LogP contribution in [0.25, 0.3) is 0 Å². The van der Waals surface area contributed by atoms with Gasteiger partial charge in [-0.2, -0.15) is 13.2 Å². The van der Waals surface area contributed by atoms with E-state index in [4.69, 9.17) is 4.74 Å². The molecule has 15 heteroatoms. The first-order chi connectivity index (χ1) is 25.9. The molecule has 4 heterocycles. The van der Waals surface area contributed by atoms with Crippen LogP contribution in [0.3, 0.4) is 0 Å². The molecule has 4 bridgehead atoms. The molecule has 286 valence electrons. The highest BCUT2D eigenvalue weighted by atomic mass is 19.4. The van der Waals surface area contributed by atoms with Gasteiger partial charge < -0.3 is 25.0 Å². The van der Waals surface area contributed by atoms with E-state index in [1.807, 2.05) is 0 Å². The van der Waals surface area contributed by atoms with Crippen molar-refractivity contribution in [2.75, 3.05) is 29.4 Å². The number of nitrogens with one attached hydrogen (secondary N) is 1. The number of aliphatic carboxylic acids is 1. The third kappa shape index (κ3) is 5.83. The fraction of sp³-hybridized carbons (Fsp3) is 0.590. The van der Waals surface area contributed by atoms with Crippen LogP contribution < -0.4 is 19.9 Å². The summed E-state index contributed by atoms with van der Waals surface area (Å²) in [6.07, 6.45) is 8.09. The normalized spacial score (nSPS) is 28.7. The van der Waals surface area contributed by atoms with Gasteiger partial charge in [0.15, 0.2) is 17.3 Å². The molecule has 6 fully saturated rings. The second kappa shape index (κ2) is 13.0. The highest BCUT2D eigenvalue weighted by Crippen LogP contribution is 2.59. The summed E-state index contributed by atoms with van der Waals surface area (Å²) in [5.74, 6) is -2.49. The maximum absolute atomic E-state index is 16.0. The average molecular weight is 750 g/mol.